The van der Waals surface area contributed by atoms with Crippen molar-refractivity contribution in [2.24, 2.45) is 0 Å². The topological polar surface area (TPSA) is 13.1 Å². The van der Waals surface area contributed by atoms with Crippen molar-refractivity contribution in [1.82, 2.24) is 0 Å². The van der Waals surface area contributed by atoms with Crippen molar-refractivity contribution in [2.75, 3.05) is 0 Å². The van der Waals surface area contributed by atoms with E-state index in [4.69, 9.17) is 4.42 Å². The zero-order valence-corrected chi connectivity index (χ0v) is 29.0. The summed E-state index contributed by atoms with van der Waals surface area (Å²) in [6, 6.07) is 62.4. The molecule has 9 aromatic carbocycles. The van der Waals surface area contributed by atoms with Gasteiger partial charge in [0.2, 0.25) is 0 Å². The Morgan fingerprint density at radius 2 is 0.808 bits per heavy atom. The van der Waals surface area contributed by atoms with Gasteiger partial charge in [-0.3, -0.25) is 0 Å². The molecule has 0 bridgehead atoms. The van der Waals surface area contributed by atoms with Gasteiger partial charge in [0.05, 0.1) is 12.5 Å². The van der Waals surface area contributed by atoms with Gasteiger partial charge in [-0.05, 0) is 89.1 Å². The van der Waals surface area contributed by atoms with Gasteiger partial charge in [0.25, 0.3) is 0 Å². The number of thiophene rings is 1. The Labute approximate surface area is 304 Å². The van der Waals surface area contributed by atoms with Gasteiger partial charge >= 0.3 is 0 Å². The average molecular weight is 679 g/mol. The molecule has 2 aromatic heterocycles. The fourth-order valence-electron chi connectivity index (χ4n) is 8.64. The Bertz CT molecular complexity index is 3050. The molecular weight excluding hydrogens is 649 g/mol. The molecule has 0 amide bonds. The lowest BCUT2D eigenvalue weighted by atomic mass is 9.85. The molecule has 1 nitrogen and oxygen atoms in total. The van der Waals surface area contributed by atoms with E-state index < -0.39 is 0 Å². The van der Waals surface area contributed by atoms with Crippen molar-refractivity contribution in [3.8, 4) is 44.5 Å². The third-order valence-corrected chi connectivity index (χ3v) is 12.0. The molecule has 0 saturated heterocycles. The summed E-state index contributed by atoms with van der Waals surface area (Å²) in [7, 11) is 0. The fraction of sp³-hybridized carbons (Fsp3) is 0. The number of fused-ring (bicyclic) bond motifs is 7. The molecule has 0 saturated carbocycles. The van der Waals surface area contributed by atoms with Crippen molar-refractivity contribution in [1.29, 1.82) is 0 Å². The van der Waals surface area contributed by atoms with Gasteiger partial charge in [-0.15, -0.1) is 11.3 Å². The molecule has 0 aliphatic carbocycles. The molecular formula is C50H30OS. The van der Waals surface area contributed by atoms with Crippen molar-refractivity contribution < 1.29 is 4.42 Å². The Morgan fingerprint density at radius 1 is 0.327 bits per heavy atom. The second-order valence-electron chi connectivity index (χ2n) is 13.6. The van der Waals surface area contributed by atoms with Crippen LogP contribution in [-0.2, 0) is 0 Å². The summed E-state index contributed by atoms with van der Waals surface area (Å²) in [5.41, 5.74) is 9.93. The minimum Gasteiger partial charge on any atom is -0.472 e. The summed E-state index contributed by atoms with van der Waals surface area (Å²) in [4.78, 5) is 0. The Hall–Kier alpha value is -6.48. The monoisotopic (exact) mass is 678 g/mol. The predicted molar refractivity (Wildman–Crippen MR) is 223 cm³/mol. The minimum atomic E-state index is 1.10. The molecule has 52 heavy (non-hydrogen) atoms. The normalized spacial score (nSPS) is 11.8. The van der Waals surface area contributed by atoms with Gasteiger partial charge in [0.1, 0.15) is 0 Å². The predicted octanol–water partition coefficient (Wildman–Crippen LogP) is 14.9. The van der Waals surface area contributed by atoms with Crippen LogP contribution >= 0.6 is 11.3 Å². The lowest BCUT2D eigenvalue weighted by Crippen LogP contribution is -1.90. The van der Waals surface area contributed by atoms with Crippen LogP contribution in [0.4, 0.5) is 0 Å². The zero-order chi connectivity index (χ0) is 34.2. The minimum absolute atomic E-state index is 1.10. The van der Waals surface area contributed by atoms with Crippen molar-refractivity contribution in [2.45, 2.75) is 0 Å². The van der Waals surface area contributed by atoms with E-state index in [0.29, 0.717) is 0 Å². The number of furan rings is 1. The van der Waals surface area contributed by atoms with Crippen molar-refractivity contribution >= 4 is 74.6 Å². The summed E-state index contributed by atoms with van der Waals surface area (Å²) in [5, 5.41) is 12.6. The first kappa shape index (κ1) is 29.3. The highest BCUT2D eigenvalue weighted by Gasteiger charge is 2.21. The second kappa shape index (κ2) is 11.5. The summed E-state index contributed by atoms with van der Waals surface area (Å²) in [6.07, 6.45) is 3.62. The van der Waals surface area contributed by atoms with Crippen molar-refractivity contribution in [3.05, 3.63) is 182 Å². The second-order valence-corrected chi connectivity index (χ2v) is 14.6. The molecule has 11 aromatic rings. The number of benzene rings is 9. The Balaban J connectivity index is 1.19. The molecule has 0 aliphatic rings. The van der Waals surface area contributed by atoms with E-state index in [1.165, 1.54) is 102 Å². The maximum absolute atomic E-state index is 5.58. The van der Waals surface area contributed by atoms with E-state index in [9.17, 15) is 0 Å². The molecule has 0 fully saturated rings. The maximum atomic E-state index is 5.58. The summed E-state index contributed by atoms with van der Waals surface area (Å²) >= 11 is 1.90. The first-order valence-corrected chi connectivity index (χ1v) is 18.6. The third kappa shape index (κ3) is 4.28. The van der Waals surface area contributed by atoms with Gasteiger partial charge in [-0.25, -0.2) is 0 Å². The van der Waals surface area contributed by atoms with Crippen LogP contribution in [0, 0.1) is 0 Å². The van der Waals surface area contributed by atoms with E-state index in [-0.39, 0.29) is 0 Å². The zero-order valence-electron chi connectivity index (χ0n) is 28.1. The highest BCUT2D eigenvalue weighted by Crippen LogP contribution is 2.49. The quantitative estimate of drug-likeness (QED) is 0.169. The van der Waals surface area contributed by atoms with E-state index in [1.807, 2.05) is 17.6 Å². The van der Waals surface area contributed by atoms with Gasteiger partial charge in [0.15, 0.2) is 0 Å². The van der Waals surface area contributed by atoms with Gasteiger partial charge in [-0.2, -0.15) is 0 Å². The maximum Gasteiger partial charge on any atom is 0.0981 e. The van der Waals surface area contributed by atoms with Gasteiger partial charge < -0.3 is 4.42 Å². The molecule has 0 atom stereocenters. The first-order chi connectivity index (χ1) is 25.8. The SMILES string of the molecule is c1ccc(-c2c3ccccc3c(-c3cccc4c3sc3ccc(-c5c6ccccc6c(-c6ccoc6)c6ccccc56)cc34)c3ccccc23)cc1. The third-order valence-electron chi connectivity index (χ3n) is 10.8. The van der Waals surface area contributed by atoms with Crippen LogP contribution in [0.1, 0.15) is 0 Å². The summed E-state index contributed by atoms with van der Waals surface area (Å²) in [5.74, 6) is 0. The summed E-state index contributed by atoms with van der Waals surface area (Å²) in [6.45, 7) is 0. The smallest absolute Gasteiger partial charge is 0.0981 e. The lowest BCUT2D eigenvalue weighted by Gasteiger charge is -2.18. The first-order valence-electron chi connectivity index (χ1n) is 17.7. The molecule has 2 heteroatoms. The van der Waals surface area contributed by atoms with Crippen LogP contribution < -0.4 is 0 Å². The lowest BCUT2D eigenvalue weighted by molar-refractivity contribution is 0.568. The standard InChI is InChI=1S/C50H30OS/c1-2-13-31(14-3-1)46-38-19-8-10-21-40(38)49(41-22-11-9-20-39(41)46)43-24-12-23-42-44-29-32(25-26-45(44)52-50(42)43)47-34-15-4-6-17-36(34)48(33-27-28-51-30-33)37-18-7-5-16-35(37)47/h1-30H. The number of rotatable bonds is 4. The van der Waals surface area contributed by atoms with Crippen LogP contribution in [-0.4, -0.2) is 0 Å². The van der Waals surface area contributed by atoms with E-state index in [2.05, 4.69) is 170 Å². The van der Waals surface area contributed by atoms with Gasteiger partial charge in [-0.1, -0.05) is 152 Å². The molecule has 11 rings (SSSR count). The van der Waals surface area contributed by atoms with Crippen LogP contribution in [0.5, 0.6) is 0 Å². The van der Waals surface area contributed by atoms with Crippen LogP contribution in [0.3, 0.4) is 0 Å². The molecule has 0 radical (unpaired) electrons. The van der Waals surface area contributed by atoms with Crippen LogP contribution in [0.2, 0.25) is 0 Å². The molecule has 0 aliphatic heterocycles. The Kier molecular flexibility index (Phi) is 6.49. The highest BCUT2D eigenvalue weighted by atomic mass is 32.1. The number of hydrogen-bond donors (Lipinski definition) is 0. The Morgan fingerprint density at radius 3 is 1.35 bits per heavy atom. The molecule has 242 valence electrons. The van der Waals surface area contributed by atoms with Crippen LogP contribution in [0.15, 0.2) is 187 Å². The van der Waals surface area contributed by atoms with E-state index >= 15 is 0 Å². The molecule has 0 unspecified atom stereocenters. The van der Waals surface area contributed by atoms with Crippen LogP contribution in [0.25, 0.3) is 108 Å². The fourth-order valence-corrected chi connectivity index (χ4v) is 9.85. The largest absolute Gasteiger partial charge is 0.472 e. The summed E-state index contributed by atoms with van der Waals surface area (Å²) < 4.78 is 8.20. The van der Waals surface area contributed by atoms with E-state index in [1.54, 1.807) is 6.26 Å². The molecule has 0 spiro atoms. The highest BCUT2D eigenvalue weighted by molar-refractivity contribution is 7.26. The van der Waals surface area contributed by atoms with Gasteiger partial charge in [0, 0.05) is 36.9 Å². The van der Waals surface area contributed by atoms with Crippen molar-refractivity contribution in [3.63, 3.8) is 0 Å². The van der Waals surface area contributed by atoms with E-state index in [0.717, 1.165) is 5.56 Å². The number of hydrogen-bond acceptors (Lipinski definition) is 2. The molecule has 2 heterocycles. The average Bonchev–Trinajstić information content (AvgIpc) is 3.88. The molecule has 0 N–H and O–H groups in total.